The molecule has 3 N–H and O–H groups in total. The lowest BCUT2D eigenvalue weighted by atomic mass is 10.0. The summed E-state index contributed by atoms with van der Waals surface area (Å²) in [4.78, 5) is 10.5. The Morgan fingerprint density at radius 1 is 1.91 bits per heavy atom. The summed E-state index contributed by atoms with van der Waals surface area (Å²) in [5.74, 6) is -1.22. The highest BCUT2D eigenvalue weighted by Gasteiger charge is 2.48. The van der Waals surface area contributed by atoms with Gasteiger partial charge in [-0.15, -0.1) is 0 Å². The van der Waals surface area contributed by atoms with Gasteiger partial charge in [-0.3, -0.25) is 4.79 Å². The minimum Gasteiger partial charge on any atom is -0.480 e. The van der Waals surface area contributed by atoms with E-state index >= 15 is 0 Å². The van der Waals surface area contributed by atoms with Gasteiger partial charge in [-0.05, 0) is 0 Å². The molecule has 1 aliphatic heterocycles. The Balaban J connectivity index is 2.75. The summed E-state index contributed by atoms with van der Waals surface area (Å²) in [5.41, 5.74) is 3.82. The quantitative estimate of drug-likeness (QED) is 0.616. The van der Waals surface area contributed by atoms with E-state index in [1.54, 1.807) is 0 Å². The molecule has 1 unspecified atom stereocenters. The van der Waals surface area contributed by atoms with Gasteiger partial charge in [-0.1, -0.05) is 0 Å². The number of carbonyl (C=O) groups is 1. The third-order valence-corrected chi connectivity index (χ3v) is 2.46. The van der Waals surface area contributed by atoms with Gasteiger partial charge >= 0.3 is 5.97 Å². The normalized spacial score (nSPS) is 37.5. The number of aliphatic carboxylic acids is 1. The Labute approximate surface area is 67.2 Å². The van der Waals surface area contributed by atoms with Crippen molar-refractivity contribution in [2.45, 2.75) is 10.8 Å². The largest absolute Gasteiger partial charge is 0.480 e. The summed E-state index contributed by atoms with van der Waals surface area (Å²) >= 11 is -0.0631. The lowest BCUT2D eigenvalue weighted by Gasteiger charge is -2.20. The molecule has 0 bridgehead atoms. The molecular weight excluding hydrogens is 173 g/mol. The van der Waals surface area contributed by atoms with Crippen molar-refractivity contribution in [3.05, 3.63) is 0 Å². The molecule has 1 saturated heterocycles. The molecule has 1 rings (SSSR count). The molecule has 64 valence electrons. The molecule has 2 atom stereocenters. The Kier molecular flexibility index (Phi) is 2.36. The fourth-order valence-electron chi connectivity index (χ4n) is 0.881. The van der Waals surface area contributed by atoms with Crippen LogP contribution in [0.2, 0.25) is 0 Å². The predicted molar refractivity (Wildman–Crippen MR) is 37.9 cm³/mol. The molecule has 1 aliphatic rings. The second kappa shape index (κ2) is 2.96. The molecule has 0 radical (unpaired) electrons. The van der Waals surface area contributed by atoms with Crippen LogP contribution in [-0.2, 0) is 9.53 Å². The fourth-order valence-corrected chi connectivity index (χ4v) is 1.36. The molecule has 1 heterocycles. The molecule has 4 nitrogen and oxygen atoms in total. The highest BCUT2D eigenvalue weighted by Crippen LogP contribution is 2.28. The van der Waals surface area contributed by atoms with Gasteiger partial charge in [-0.25, -0.2) is 0 Å². The van der Waals surface area contributed by atoms with Crippen LogP contribution >= 0.6 is 12.1 Å². The van der Waals surface area contributed by atoms with Gasteiger partial charge in [0.2, 0.25) is 0 Å². The van der Waals surface area contributed by atoms with Gasteiger partial charge in [0.05, 0.1) is 30.6 Å². The first kappa shape index (κ1) is 8.76. The Morgan fingerprint density at radius 2 is 2.55 bits per heavy atom. The maximum absolute atomic E-state index is 12.0. The summed E-state index contributed by atoms with van der Waals surface area (Å²) in [7, 11) is 0. The minimum atomic E-state index is -1.56. The molecule has 0 aliphatic carbocycles. The second-order valence-corrected chi connectivity index (χ2v) is 3.19. The van der Waals surface area contributed by atoms with E-state index in [4.69, 9.17) is 15.6 Å². The molecule has 0 aromatic heterocycles. The second-order valence-electron chi connectivity index (χ2n) is 2.44. The van der Waals surface area contributed by atoms with E-state index in [9.17, 15) is 8.68 Å². The zero-order chi connectivity index (χ0) is 8.48. The van der Waals surface area contributed by atoms with Crippen LogP contribution in [0.4, 0.5) is 3.89 Å². The standard InChI is InChI=1S/C5H8FNO3S/c6-11-3-1-10-2-5(3,7)4(8)9/h3H,1-2,7H2,(H,8,9)/t3?,5-/m0/s1. The third kappa shape index (κ3) is 1.33. The summed E-state index contributed by atoms with van der Waals surface area (Å²) in [6.45, 7) is -0.0616. The zero-order valence-electron chi connectivity index (χ0n) is 5.62. The van der Waals surface area contributed by atoms with Crippen LogP contribution in [0.15, 0.2) is 0 Å². The minimum absolute atomic E-state index is 0.0595. The number of rotatable bonds is 2. The molecule has 0 saturated carbocycles. The first-order valence-corrected chi connectivity index (χ1v) is 3.76. The van der Waals surface area contributed by atoms with Crippen molar-refractivity contribution >= 4 is 18.1 Å². The zero-order valence-corrected chi connectivity index (χ0v) is 6.44. The number of hydrogen-bond acceptors (Lipinski definition) is 4. The van der Waals surface area contributed by atoms with E-state index in [0.29, 0.717) is 0 Å². The molecule has 6 heteroatoms. The van der Waals surface area contributed by atoms with Gasteiger partial charge in [0.25, 0.3) is 0 Å². The van der Waals surface area contributed by atoms with Crippen molar-refractivity contribution in [1.29, 1.82) is 0 Å². The Morgan fingerprint density at radius 3 is 2.91 bits per heavy atom. The van der Waals surface area contributed by atoms with Crippen LogP contribution in [0.25, 0.3) is 0 Å². The van der Waals surface area contributed by atoms with Gasteiger partial charge < -0.3 is 15.6 Å². The molecule has 0 amide bonds. The third-order valence-electron chi connectivity index (χ3n) is 1.69. The molecule has 0 aromatic rings. The number of carboxylic acids is 1. The average Bonchev–Trinajstić information content (AvgIpc) is 2.32. The van der Waals surface area contributed by atoms with Crippen LogP contribution < -0.4 is 5.73 Å². The first-order chi connectivity index (χ1) is 5.11. The topological polar surface area (TPSA) is 72.6 Å². The lowest BCUT2D eigenvalue weighted by Crippen LogP contribution is -2.55. The summed E-state index contributed by atoms with van der Waals surface area (Å²) in [6.07, 6.45) is 0. The van der Waals surface area contributed by atoms with Gasteiger partial charge in [-0.2, -0.15) is 3.89 Å². The smallest absolute Gasteiger partial charge is 0.327 e. The number of carboxylic acid groups (broad SMARTS) is 1. The van der Waals surface area contributed by atoms with Crippen molar-refractivity contribution in [1.82, 2.24) is 0 Å². The van der Waals surface area contributed by atoms with E-state index in [1.807, 2.05) is 0 Å². The van der Waals surface area contributed by atoms with E-state index in [1.165, 1.54) is 0 Å². The van der Waals surface area contributed by atoms with Crippen molar-refractivity contribution in [2.75, 3.05) is 13.2 Å². The molecule has 11 heavy (non-hydrogen) atoms. The molecular formula is C5H8FNO3S. The highest BCUT2D eigenvalue weighted by molar-refractivity contribution is 7.95. The van der Waals surface area contributed by atoms with Crippen molar-refractivity contribution in [3.63, 3.8) is 0 Å². The Hall–Kier alpha value is -0.330. The SMILES string of the molecule is N[C@@]1(C(=O)O)COCC1SF. The van der Waals surface area contributed by atoms with Crippen LogP contribution in [0.3, 0.4) is 0 Å². The number of nitrogens with two attached hydrogens (primary N) is 1. The van der Waals surface area contributed by atoms with Gasteiger partial charge in [0, 0.05) is 0 Å². The maximum Gasteiger partial charge on any atom is 0.327 e. The number of ether oxygens (including phenoxy) is 1. The van der Waals surface area contributed by atoms with E-state index in [-0.39, 0.29) is 25.4 Å². The molecule has 1 fully saturated rings. The fraction of sp³-hybridized carbons (Fsp3) is 0.800. The van der Waals surface area contributed by atoms with E-state index in [2.05, 4.69) is 0 Å². The molecule has 0 aromatic carbocycles. The van der Waals surface area contributed by atoms with Crippen molar-refractivity contribution in [2.24, 2.45) is 5.73 Å². The lowest BCUT2D eigenvalue weighted by molar-refractivity contribution is -0.143. The number of halogens is 1. The van der Waals surface area contributed by atoms with Gasteiger partial charge in [0.15, 0.2) is 5.54 Å². The summed E-state index contributed by atoms with van der Waals surface area (Å²) < 4.78 is 16.8. The van der Waals surface area contributed by atoms with Crippen LogP contribution in [0.5, 0.6) is 0 Å². The van der Waals surface area contributed by atoms with E-state index in [0.717, 1.165) is 0 Å². The Bertz CT molecular complexity index is 179. The van der Waals surface area contributed by atoms with Crippen LogP contribution in [0.1, 0.15) is 0 Å². The number of hydrogen-bond donors (Lipinski definition) is 2. The average molecular weight is 181 g/mol. The van der Waals surface area contributed by atoms with Crippen LogP contribution in [0, 0.1) is 0 Å². The monoisotopic (exact) mass is 181 g/mol. The van der Waals surface area contributed by atoms with E-state index < -0.39 is 16.8 Å². The van der Waals surface area contributed by atoms with Gasteiger partial charge in [0.1, 0.15) is 0 Å². The van der Waals surface area contributed by atoms with Crippen molar-refractivity contribution < 1.29 is 18.5 Å². The maximum atomic E-state index is 12.0. The first-order valence-electron chi connectivity index (χ1n) is 2.98. The predicted octanol–water partition coefficient (Wildman–Crippen LogP) is -0.215. The molecule has 0 spiro atoms. The highest BCUT2D eigenvalue weighted by atomic mass is 32.2. The summed E-state index contributed by atoms with van der Waals surface area (Å²) in [6, 6.07) is 0. The van der Waals surface area contributed by atoms with Crippen LogP contribution in [-0.4, -0.2) is 35.1 Å². The van der Waals surface area contributed by atoms with Crippen molar-refractivity contribution in [3.8, 4) is 0 Å². The summed E-state index contributed by atoms with van der Waals surface area (Å²) in [5, 5.41) is 7.80.